The van der Waals surface area contributed by atoms with Crippen LogP contribution in [0.3, 0.4) is 0 Å². The van der Waals surface area contributed by atoms with Crippen LogP contribution in [0.1, 0.15) is 53.2 Å². The lowest BCUT2D eigenvalue weighted by Crippen LogP contribution is -2.42. The summed E-state index contributed by atoms with van der Waals surface area (Å²) in [5.41, 5.74) is 7.23. The number of piperidine rings is 1. The zero-order chi connectivity index (χ0) is 19.8. The van der Waals surface area contributed by atoms with E-state index in [2.05, 4.69) is 52.0 Å². The molecule has 4 rings (SSSR count). The summed E-state index contributed by atoms with van der Waals surface area (Å²) in [6, 6.07) is 14.8. The quantitative estimate of drug-likeness (QED) is 0.566. The first kappa shape index (κ1) is 18.7. The van der Waals surface area contributed by atoms with Gasteiger partial charge in [-0.2, -0.15) is 0 Å². The second kappa shape index (κ2) is 7.38. The zero-order valence-electron chi connectivity index (χ0n) is 17.2. The molecule has 1 atom stereocenters. The molecule has 0 spiro atoms. The molecule has 1 aliphatic rings. The minimum atomic E-state index is 0.135. The molecular formula is C25H28N2O. The van der Waals surface area contributed by atoms with E-state index in [1.807, 2.05) is 23.1 Å². The summed E-state index contributed by atoms with van der Waals surface area (Å²) in [7, 11) is 0. The van der Waals surface area contributed by atoms with Gasteiger partial charge in [-0.05, 0) is 75.8 Å². The van der Waals surface area contributed by atoms with E-state index in [4.69, 9.17) is 4.98 Å². The van der Waals surface area contributed by atoms with E-state index in [1.165, 1.54) is 17.5 Å². The molecule has 0 N–H and O–H groups in total. The molecule has 3 aromatic rings. The summed E-state index contributed by atoms with van der Waals surface area (Å²) < 4.78 is 0. The van der Waals surface area contributed by atoms with Crippen LogP contribution in [0, 0.1) is 20.8 Å². The molecule has 1 aromatic heterocycles. The van der Waals surface area contributed by atoms with E-state index < -0.39 is 0 Å². The lowest BCUT2D eigenvalue weighted by Gasteiger charge is -2.33. The third-order valence-corrected chi connectivity index (χ3v) is 6.14. The van der Waals surface area contributed by atoms with Crippen molar-refractivity contribution in [3.63, 3.8) is 0 Å². The van der Waals surface area contributed by atoms with Crippen molar-refractivity contribution < 1.29 is 4.79 Å². The standard InChI is InChI=1S/C25H28N2O/c1-16-11-12-20(14-18(16)3)23-15-22(21-10-7-8-17(2)24(21)26-23)25(28)27-13-6-5-9-19(27)4/h7-8,10-12,14-15,19H,5-6,9,13H2,1-4H3. The molecule has 2 aromatic carbocycles. The molecule has 144 valence electrons. The molecule has 28 heavy (non-hydrogen) atoms. The molecule has 1 amide bonds. The Morgan fingerprint density at radius 3 is 2.57 bits per heavy atom. The van der Waals surface area contributed by atoms with Gasteiger partial charge in [-0.25, -0.2) is 4.98 Å². The molecule has 1 saturated heterocycles. The number of hydrogen-bond donors (Lipinski definition) is 0. The fourth-order valence-corrected chi connectivity index (χ4v) is 4.17. The lowest BCUT2D eigenvalue weighted by molar-refractivity contribution is 0.0637. The van der Waals surface area contributed by atoms with Gasteiger partial charge < -0.3 is 4.90 Å². The van der Waals surface area contributed by atoms with E-state index in [1.54, 1.807) is 0 Å². The molecule has 3 nitrogen and oxygen atoms in total. The Hall–Kier alpha value is -2.68. The van der Waals surface area contributed by atoms with Crippen molar-refractivity contribution in [2.75, 3.05) is 6.54 Å². The topological polar surface area (TPSA) is 33.2 Å². The minimum Gasteiger partial charge on any atom is -0.336 e. The Bertz CT molecular complexity index is 1050. The van der Waals surface area contributed by atoms with Gasteiger partial charge in [0.05, 0.1) is 16.8 Å². The van der Waals surface area contributed by atoms with Gasteiger partial charge in [-0.3, -0.25) is 4.79 Å². The molecule has 0 saturated carbocycles. The summed E-state index contributed by atoms with van der Waals surface area (Å²) in [6.07, 6.45) is 3.37. The third-order valence-electron chi connectivity index (χ3n) is 6.14. The Labute approximate surface area is 167 Å². The number of fused-ring (bicyclic) bond motifs is 1. The van der Waals surface area contributed by atoms with Crippen LogP contribution in [0.4, 0.5) is 0 Å². The number of aryl methyl sites for hydroxylation is 3. The zero-order valence-corrected chi connectivity index (χ0v) is 17.2. The highest BCUT2D eigenvalue weighted by Crippen LogP contribution is 2.30. The Kier molecular flexibility index (Phi) is 4.92. The number of amides is 1. The first-order valence-corrected chi connectivity index (χ1v) is 10.2. The van der Waals surface area contributed by atoms with E-state index in [9.17, 15) is 4.79 Å². The predicted molar refractivity (Wildman–Crippen MR) is 116 cm³/mol. The SMILES string of the molecule is Cc1ccc(-c2cc(C(=O)N3CCCCC3C)c3cccc(C)c3n2)cc1C. The number of nitrogens with zero attached hydrogens (tertiary/aromatic N) is 2. The van der Waals surface area contributed by atoms with Gasteiger partial charge in [0, 0.05) is 23.5 Å². The maximum absolute atomic E-state index is 13.5. The van der Waals surface area contributed by atoms with E-state index in [-0.39, 0.29) is 5.91 Å². The van der Waals surface area contributed by atoms with Crippen LogP contribution in [0.15, 0.2) is 42.5 Å². The van der Waals surface area contributed by atoms with Gasteiger partial charge in [0.1, 0.15) is 0 Å². The molecule has 0 bridgehead atoms. The number of carbonyl (C=O) groups is 1. The summed E-state index contributed by atoms with van der Waals surface area (Å²) in [5, 5.41) is 0.954. The van der Waals surface area contributed by atoms with Crippen LogP contribution in [-0.2, 0) is 0 Å². The largest absolute Gasteiger partial charge is 0.336 e. The second-order valence-electron chi connectivity index (χ2n) is 8.17. The number of rotatable bonds is 2. The molecular weight excluding hydrogens is 344 g/mol. The molecule has 1 unspecified atom stereocenters. The Morgan fingerprint density at radius 2 is 1.82 bits per heavy atom. The number of para-hydroxylation sites is 1. The number of pyridine rings is 1. The summed E-state index contributed by atoms with van der Waals surface area (Å²) in [5.74, 6) is 0.135. The molecule has 1 aliphatic heterocycles. The Balaban J connectivity index is 1.90. The molecule has 3 heteroatoms. The average Bonchev–Trinajstić information content (AvgIpc) is 2.69. The van der Waals surface area contributed by atoms with E-state index in [0.29, 0.717) is 6.04 Å². The van der Waals surface area contributed by atoms with Gasteiger partial charge in [0.15, 0.2) is 0 Å². The monoisotopic (exact) mass is 372 g/mol. The van der Waals surface area contributed by atoms with Gasteiger partial charge >= 0.3 is 0 Å². The number of likely N-dealkylation sites (tertiary alicyclic amines) is 1. The van der Waals surface area contributed by atoms with Crippen molar-refractivity contribution in [2.45, 2.75) is 53.0 Å². The summed E-state index contributed by atoms with van der Waals surface area (Å²) in [4.78, 5) is 20.5. The van der Waals surface area contributed by atoms with Crippen LogP contribution in [0.25, 0.3) is 22.2 Å². The smallest absolute Gasteiger partial charge is 0.254 e. The predicted octanol–water partition coefficient (Wildman–Crippen LogP) is 5.84. The van der Waals surface area contributed by atoms with Crippen molar-refractivity contribution in [3.05, 3.63) is 64.7 Å². The van der Waals surface area contributed by atoms with Crippen molar-refractivity contribution >= 4 is 16.8 Å². The molecule has 2 heterocycles. The van der Waals surface area contributed by atoms with Gasteiger partial charge in [0.25, 0.3) is 5.91 Å². The van der Waals surface area contributed by atoms with Crippen molar-refractivity contribution in [1.82, 2.24) is 9.88 Å². The highest BCUT2D eigenvalue weighted by Gasteiger charge is 2.26. The minimum absolute atomic E-state index is 0.135. The van der Waals surface area contributed by atoms with E-state index in [0.717, 1.165) is 52.7 Å². The molecule has 0 radical (unpaired) electrons. The van der Waals surface area contributed by atoms with Crippen LogP contribution in [-0.4, -0.2) is 28.4 Å². The normalized spacial score (nSPS) is 17.1. The van der Waals surface area contributed by atoms with Crippen molar-refractivity contribution in [2.24, 2.45) is 0 Å². The highest BCUT2D eigenvalue weighted by molar-refractivity contribution is 6.08. The van der Waals surface area contributed by atoms with Crippen molar-refractivity contribution in [1.29, 1.82) is 0 Å². The number of hydrogen-bond acceptors (Lipinski definition) is 2. The number of benzene rings is 2. The Morgan fingerprint density at radius 1 is 1.00 bits per heavy atom. The average molecular weight is 373 g/mol. The van der Waals surface area contributed by atoms with Crippen LogP contribution in [0.5, 0.6) is 0 Å². The van der Waals surface area contributed by atoms with E-state index >= 15 is 0 Å². The fourth-order valence-electron chi connectivity index (χ4n) is 4.17. The third kappa shape index (κ3) is 3.30. The van der Waals surface area contributed by atoms with Crippen LogP contribution >= 0.6 is 0 Å². The number of carbonyl (C=O) groups excluding carboxylic acids is 1. The molecule has 1 fully saturated rings. The summed E-state index contributed by atoms with van der Waals surface area (Å²) >= 11 is 0. The lowest BCUT2D eigenvalue weighted by atomic mass is 9.97. The van der Waals surface area contributed by atoms with Crippen molar-refractivity contribution in [3.8, 4) is 11.3 Å². The van der Waals surface area contributed by atoms with Gasteiger partial charge in [-0.1, -0.05) is 30.3 Å². The number of aromatic nitrogens is 1. The first-order chi connectivity index (χ1) is 13.5. The summed E-state index contributed by atoms with van der Waals surface area (Å²) in [6.45, 7) is 9.30. The van der Waals surface area contributed by atoms with Gasteiger partial charge in [-0.15, -0.1) is 0 Å². The second-order valence-corrected chi connectivity index (χ2v) is 8.17. The van der Waals surface area contributed by atoms with Crippen LogP contribution < -0.4 is 0 Å². The fraction of sp³-hybridized carbons (Fsp3) is 0.360. The first-order valence-electron chi connectivity index (χ1n) is 10.2. The molecule has 0 aliphatic carbocycles. The highest BCUT2D eigenvalue weighted by atomic mass is 16.2. The van der Waals surface area contributed by atoms with Crippen LogP contribution in [0.2, 0.25) is 0 Å². The maximum Gasteiger partial charge on any atom is 0.254 e. The van der Waals surface area contributed by atoms with Gasteiger partial charge in [0.2, 0.25) is 0 Å². The maximum atomic E-state index is 13.5.